The minimum Gasteiger partial charge on any atom is -0.354 e. The Morgan fingerprint density at radius 2 is 2.35 bits per heavy atom. The fraction of sp³-hybridized carbons (Fsp3) is 0.429. The number of alkyl halides is 1. The topological polar surface area (TPSA) is 46.9 Å². The molecule has 1 aliphatic rings. The van der Waals surface area contributed by atoms with Crippen LogP contribution in [-0.2, 0) is 11.2 Å². The number of aryl methyl sites for hydroxylation is 1. The van der Waals surface area contributed by atoms with Crippen LogP contribution in [0.2, 0.25) is 0 Å². The largest absolute Gasteiger partial charge is 0.354 e. The van der Waals surface area contributed by atoms with E-state index >= 15 is 0 Å². The van der Waals surface area contributed by atoms with Gasteiger partial charge in [-0.05, 0) is 24.6 Å². The molecule has 0 radical (unpaired) electrons. The molecule has 106 valence electrons. The van der Waals surface area contributed by atoms with Gasteiger partial charge >= 0.3 is 0 Å². The maximum absolute atomic E-state index is 11.3. The van der Waals surface area contributed by atoms with Crippen molar-refractivity contribution in [2.75, 3.05) is 12.4 Å². The Labute approximate surface area is 130 Å². The Bertz CT molecular complexity index is 645. The molecule has 20 heavy (non-hydrogen) atoms. The van der Waals surface area contributed by atoms with Gasteiger partial charge in [-0.25, -0.2) is 4.98 Å². The highest BCUT2D eigenvalue weighted by Gasteiger charge is 2.23. The first-order valence-corrected chi connectivity index (χ1v) is 8.01. The van der Waals surface area contributed by atoms with E-state index in [1.165, 1.54) is 0 Å². The minimum absolute atomic E-state index is 0.132. The van der Waals surface area contributed by atoms with E-state index in [-0.39, 0.29) is 11.9 Å². The lowest BCUT2D eigenvalue weighted by Crippen LogP contribution is -2.36. The Hall–Kier alpha value is -1.07. The van der Waals surface area contributed by atoms with Crippen molar-refractivity contribution in [3.05, 3.63) is 28.5 Å². The first kappa shape index (κ1) is 13.9. The van der Waals surface area contributed by atoms with Crippen LogP contribution >= 0.6 is 27.5 Å². The van der Waals surface area contributed by atoms with E-state index in [0.29, 0.717) is 18.8 Å². The van der Waals surface area contributed by atoms with Crippen molar-refractivity contribution in [2.45, 2.75) is 25.3 Å². The van der Waals surface area contributed by atoms with Crippen LogP contribution in [0.3, 0.4) is 0 Å². The van der Waals surface area contributed by atoms with Crippen molar-refractivity contribution in [2.24, 2.45) is 0 Å². The van der Waals surface area contributed by atoms with Crippen molar-refractivity contribution in [3.63, 3.8) is 0 Å². The molecule has 3 rings (SSSR count). The van der Waals surface area contributed by atoms with Crippen LogP contribution in [0.4, 0.5) is 0 Å². The van der Waals surface area contributed by atoms with E-state index in [0.717, 1.165) is 34.2 Å². The van der Waals surface area contributed by atoms with Gasteiger partial charge in [-0.2, -0.15) is 0 Å². The third kappa shape index (κ3) is 2.56. The van der Waals surface area contributed by atoms with Gasteiger partial charge in [0.2, 0.25) is 5.91 Å². The minimum atomic E-state index is 0.132. The zero-order valence-electron chi connectivity index (χ0n) is 10.9. The second-order valence-corrected chi connectivity index (χ2v) is 6.26. The zero-order chi connectivity index (χ0) is 14.1. The standard InChI is InChI=1S/C14H15BrClN3O/c15-9-1-3-12-11(7-9)18-13(5-6-16)19(12)10-2-4-14(20)17-8-10/h1,3,7,10H,2,4-6,8H2,(H,17,20). The van der Waals surface area contributed by atoms with Crippen LogP contribution in [0.25, 0.3) is 11.0 Å². The number of carbonyl (C=O) groups excluding carboxylic acids is 1. The maximum Gasteiger partial charge on any atom is 0.220 e. The van der Waals surface area contributed by atoms with E-state index in [1.807, 2.05) is 12.1 Å². The average molecular weight is 357 g/mol. The number of benzene rings is 1. The van der Waals surface area contributed by atoms with Crippen LogP contribution in [0.15, 0.2) is 22.7 Å². The highest BCUT2D eigenvalue weighted by atomic mass is 79.9. The van der Waals surface area contributed by atoms with E-state index < -0.39 is 0 Å². The monoisotopic (exact) mass is 355 g/mol. The highest BCUT2D eigenvalue weighted by molar-refractivity contribution is 9.10. The molecule has 1 amide bonds. The first-order valence-electron chi connectivity index (χ1n) is 6.68. The Morgan fingerprint density at radius 1 is 1.50 bits per heavy atom. The molecular formula is C14H15BrClN3O. The van der Waals surface area contributed by atoms with Crippen LogP contribution in [0, 0.1) is 0 Å². The lowest BCUT2D eigenvalue weighted by atomic mass is 10.1. The van der Waals surface area contributed by atoms with E-state index in [9.17, 15) is 4.79 Å². The number of rotatable bonds is 3. The number of nitrogens with one attached hydrogen (secondary N) is 1. The van der Waals surface area contributed by atoms with Gasteiger partial charge in [-0.1, -0.05) is 15.9 Å². The average Bonchev–Trinajstić information content (AvgIpc) is 2.77. The van der Waals surface area contributed by atoms with E-state index in [4.69, 9.17) is 16.6 Å². The predicted molar refractivity (Wildman–Crippen MR) is 83.1 cm³/mol. The number of fused-ring (bicyclic) bond motifs is 1. The second-order valence-electron chi connectivity index (χ2n) is 4.97. The molecular weight excluding hydrogens is 342 g/mol. The SMILES string of the molecule is O=C1CCC(n2c(CCCl)nc3cc(Br)ccc32)CN1. The first-order chi connectivity index (χ1) is 9.69. The molecule has 1 aromatic carbocycles. The normalized spacial score (nSPS) is 19.3. The fourth-order valence-electron chi connectivity index (χ4n) is 2.73. The third-order valence-corrected chi connectivity index (χ3v) is 4.33. The molecule has 2 heterocycles. The summed E-state index contributed by atoms with van der Waals surface area (Å²) in [4.78, 5) is 16.0. The Morgan fingerprint density at radius 3 is 3.05 bits per heavy atom. The molecule has 6 heteroatoms. The van der Waals surface area contributed by atoms with Gasteiger partial charge in [0.1, 0.15) is 5.82 Å². The second kappa shape index (κ2) is 5.74. The summed E-state index contributed by atoms with van der Waals surface area (Å²) in [5.74, 6) is 1.67. The number of aromatic nitrogens is 2. The molecule has 1 atom stereocenters. The molecule has 1 aliphatic heterocycles. The molecule has 0 spiro atoms. The summed E-state index contributed by atoms with van der Waals surface area (Å²) in [5.41, 5.74) is 2.07. The van der Waals surface area contributed by atoms with E-state index in [1.54, 1.807) is 0 Å². The van der Waals surface area contributed by atoms with Crippen molar-refractivity contribution in [1.29, 1.82) is 0 Å². The number of amides is 1. The molecule has 0 saturated carbocycles. The number of imidazole rings is 1. The van der Waals surface area contributed by atoms with Gasteiger partial charge < -0.3 is 9.88 Å². The Balaban J connectivity index is 2.06. The number of halogens is 2. The quantitative estimate of drug-likeness (QED) is 0.859. The van der Waals surface area contributed by atoms with Gasteiger partial charge in [0, 0.05) is 29.7 Å². The summed E-state index contributed by atoms with van der Waals surface area (Å²) in [6.07, 6.45) is 2.15. The summed E-state index contributed by atoms with van der Waals surface area (Å²) in [6.45, 7) is 0.662. The molecule has 0 aliphatic carbocycles. The van der Waals surface area contributed by atoms with Crippen LogP contribution in [0.1, 0.15) is 24.7 Å². The van der Waals surface area contributed by atoms with Crippen LogP contribution in [0.5, 0.6) is 0 Å². The van der Waals surface area contributed by atoms with Gasteiger partial charge in [0.25, 0.3) is 0 Å². The molecule has 1 saturated heterocycles. The van der Waals surface area contributed by atoms with Gasteiger partial charge in [0.15, 0.2) is 0 Å². The predicted octanol–water partition coefficient (Wildman–Crippen LogP) is 3.03. The van der Waals surface area contributed by atoms with Crippen molar-refractivity contribution in [3.8, 4) is 0 Å². The summed E-state index contributed by atoms with van der Waals surface area (Å²) < 4.78 is 3.26. The highest BCUT2D eigenvalue weighted by Crippen LogP contribution is 2.28. The number of piperidine rings is 1. The molecule has 4 nitrogen and oxygen atoms in total. The summed E-state index contributed by atoms with van der Waals surface area (Å²) >= 11 is 9.37. The van der Waals surface area contributed by atoms with Crippen LogP contribution in [-0.4, -0.2) is 27.9 Å². The number of hydrogen-bond donors (Lipinski definition) is 1. The molecule has 1 fully saturated rings. The third-order valence-electron chi connectivity index (χ3n) is 3.65. The fourth-order valence-corrected chi connectivity index (χ4v) is 3.25. The molecule has 2 aromatic rings. The Kier molecular flexibility index (Phi) is 3.98. The number of nitrogens with zero attached hydrogens (tertiary/aromatic N) is 2. The number of hydrogen-bond acceptors (Lipinski definition) is 2. The van der Waals surface area contributed by atoms with Crippen molar-refractivity contribution < 1.29 is 4.79 Å². The zero-order valence-corrected chi connectivity index (χ0v) is 13.2. The lowest BCUT2D eigenvalue weighted by molar-refractivity contribution is -0.122. The maximum atomic E-state index is 11.3. The van der Waals surface area contributed by atoms with Crippen LogP contribution < -0.4 is 5.32 Å². The van der Waals surface area contributed by atoms with Gasteiger partial charge in [-0.15, -0.1) is 11.6 Å². The van der Waals surface area contributed by atoms with E-state index in [2.05, 4.69) is 31.9 Å². The summed E-state index contributed by atoms with van der Waals surface area (Å²) in [6, 6.07) is 6.37. The smallest absolute Gasteiger partial charge is 0.220 e. The summed E-state index contributed by atoms with van der Waals surface area (Å²) in [7, 11) is 0. The van der Waals surface area contributed by atoms with Crippen molar-refractivity contribution in [1.82, 2.24) is 14.9 Å². The van der Waals surface area contributed by atoms with Gasteiger partial charge in [-0.3, -0.25) is 4.79 Å². The molecule has 0 bridgehead atoms. The molecule has 1 N–H and O–H groups in total. The summed E-state index contributed by atoms with van der Waals surface area (Å²) in [5, 5.41) is 2.94. The molecule has 1 aromatic heterocycles. The lowest BCUT2D eigenvalue weighted by Gasteiger charge is -2.26. The molecule has 1 unspecified atom stereocenters. The van der Waals surface area contributed by atoms with Gasteiger partial charge in [0.05, 0.1) is 17.1 Å². The van der Waals surface area contributed by atoms with Crippen molar-refractivity contribution >= 4 is 44.5 Å². The number of carbonyl (C=O) groups is 1.